The topological polar surface area (TPSA) is 38.7 Å². The largest absolute Gasteiger partial charge is 0.389 e. The first kappa shape index (κ1) is 18.4. The van der Waals surface area contributed by atoms with Gasteiger partial charge in [-0.3, -0.25) is 0 Å². The molecule has 0 saturated carbocycles. The van der Waals surface area contributed by atoms with Crippen molar-refractivity contribution in [1.29, 1.82) is 0 Å². The normalized spacial score (nSPS) is 13.4. The Labute approximate surface area is 144 Å². The van der Waals surface area contributed by atoms with Gasteiger partial charge in [0.25, 0.3) is 0 Å². The van der Waals surface area contributed by atoms with Gasteiger partial charge in [0.15, 0.2) is 0 Å². The van der Waals surface area contributed by atoms with Gasteiger partial charge in [-0.05, 0) is 17.5 Å². The molecular weight excluding hydrogens is 300 g/mol. The monoisotopic (exact) mass is 326 g/mol. The summed E-state index contributed by atoms with van der Waals surface area (Å²) in [6.45, 7) is 5.36. The van der Waals surface area contributed by atoms with Crippen molar-refractivity contribution in [2.45, 2.75) is 38.3 Å². The summed E-state index contributed by atoms with van der Waals surface area (Å²) in [5.74, 6) is 0. The zero-order valence-electron chi connectivity index (χ0n) is 14.0. The first-order chi connectivity index (χ1) is 11.8. The molecule has 2 atom stereocenters. The van der Waals surface area contributed by atoms with Gasteiger partial charge in [-0.25, -0.2) is 0 Å². The highest BCUT2D eigenvalue weighted by Crippen LogP contribution is 2.13. The van der Waals surface area contributed by atoms with Crippen LogP contribution in [0.15, 0.2) is 73.3 Å². The predicted molar refractivity (Wildman–Crippen MR) is 96.6 cm³/mol. The summed E-state index contributed by atoms with van der Waals surface area (Å²) < 4.78 is 11.7. The van der Waals surface area contributed by atoms with Gasteiger partial charge in [0.1, 0.15) is 0 Å². The van der Waals surface area contributed by atoms with Gasteiger partial charge in [0.05, 0.1) is 25.4 Å². The molecule has 0 aromatic heterocycles. The van der Waals surface area contributed by atoms with E-state index in [4.69, 9.17) is 9.47 Å². The molecule has 1 N–H and O–H groups in total. The highest BCUT2D eigenvalue weighted by molar-refractivity contribution is 5.14. The van der Waals surface area contributed by atoms with Crippen LogP contribution >= 0.6 is 0 Å². The average molecular weight is 326 g/mol. The van der Waals surface area contributed by atoms with Gasteiger partial charge in [-0.2, -0.15) is 0 Å². The Balaban J connectivity index is 1.76. The highest BCUT2D eigenvalue weighted by atomic mass is 16.5. The van der Waals surface area contributed by atoms with Crippen LogP contribution in [0.4, 0.5) is 0 Å². The fourth-order valence-electron chi connectivity index (χ4n) is 2.40. The summed E-state index contributed by atoms with van der Waals surface area (Å²) >= 11 is 0. The molecule has 0 fully saturated rings. The number of rotatable bonds is 11. The summed E-state index contributed by atoms with van der Waals surface area (Å²) in [5.41, 5.74) is 2.28. The van der Waals surface area contributed by atoms with Gasteiger partial charge in [-0.15, -0.1) is 6.58 Å². The van der Waals surface area contributed by atoms with Crippen LogP contribution in [-0.2, 0) is 22.7 Å². The second kappa shape index (κ2) is 10.8. The summed E-state index contributed by atoms with van der Waals surface area (Å²) in [6.07, 6.45) is 2.20. The number of ether oxygens (including phenoxy) is 2. The van der Waals surface area contributed by atoms with E-state index >= 15 is 0 Å². The number of hydrogen-bond donors (Lipinski definition) is 1. The first-order valence-electron chi connectivity index (χ1n) is 8.35. The zero-order valence-corrected chi connectivity index (χ0v) is 14.0. The van der Waals surface area contributed by atoms with Gasteiger partial charge >= 0.3 is 0 Å². The van der Waals surface area contributed by atoms with Crippen LogP contribution in [0.2, 0.25) is 0 Å². The van der Waals surface area contributed by atoms with E-state index in [1.165, 1.54) is 0 Å². The van der Waals surface area contributed by atoms with E-state index < -0.39 is 6.10 Å². The molecule has 3 heteroatoms. The summed E-state index contributed by atoms with van der Waals surface area (Å²) in [4.78, 5) is 0. The molecule has 0 spiro atoms. The van der Waals surface area contributed by atoms with Crippen molar-refractivity contribution in [2.75, 3.05) is 6.61 Å². The summed E-state index contributed by atoms with van der Waals surface area (Å²) in [6, 6.07) is 20.1. The van der Waals surface area contributed by atoms with E-state index in [0.717, 1.165) is 17.5 Å². The highest BCUT2D eigenvalue weighted by Gasteiger charge is 2.13. The van der Waals surface area contributed by atoms with Crippen molar-refractivity contribution in [1.82, 2.24) is 0 Å². The molecule has 0 bridgehead atoms. The standard InChI is InChI=1S/C21H26O3/c1-2-20(22)15-21(24-17-19-11-7-4-8-12-19)13-14-23-16-18-9-5-3-6-10-18/h2-12,20-22H,1,13-17H2/t20-,21+/m0/s1. The van der Waals surface area contributed by atoms with E-state index in [2.05, 4.69) is 6.58 Å². The van der Waals surface area contributed by atoms with Crippen molar-refractivity contribution in [3.63, 3.8) is 0 Å². The third-order valence-electron chi connectivity index (χ3n) is 3.80. The number of aliphatic hydroxyl groups is 1. The van der Waals surface area contributed by atoms with E-state index in [1.807, 2.05) is 60.7 Å². The first-order valence-corrected chi connectivity index (χ1v) is 8.35. The molecule has 2 aromatic carbocycles. The SMILES string of the molecule is C=C[C@H](O)C[C@@H](CCOCc1ccccc1)OCc1ccccc1. The minimum absolute atomic E-state index is 0.0611. The van der Waals surface area contributed by atoms with Crippen LogP contribution in [0.3, 0.4) is 0 Å². The Morgan fingerprint density at radius 3 is 2.08 bits per heavy atom. The molecule has 0 unspecified atom stereocenters. The quantitative estimate of drug-likeness (QED) is 0.499. The van der Waals surface area contributed by atoms with E-state index in [1.54, 1.807) is 6.08 Å². The van der Waals surface area contributed by atoms with Crippen molar-refractivity contribution in [3.8, 4) is 0 Å². The average Bonchev–Trinajstić information content (AvgIpc) is 2.64. The van der Waals surface area contributed by atoms with Crippen molar-refractivity contribution >= 4 is 0 Å². The van der Waals surface area contributed by atoms with Gasteiger partial charge < -0.3 is 14.6 Å². The third kappa shape index (κ3) is 7.09. The Morgan fingerprint density at radius 1 is 0.917 bits per heavy atom. The minimum atomic E-state index is -0.556. The predicted octanol–water partition coefficient (Wildman–Crippen LogP) is 4.12. The third-order valence-corrected chi connectivity index (χ3v) is 3.80. The van der Waals surface area contributed by atoms with Crippen LogP contribution in [-0.4, -0.2) is 23.9 Å². The molecule has 3 nitrogen and oxygen atoms in total. The molecule has 0 saturated heterocycles. The van der Waals surface area contributed by atoms with E-state index in [0.29, 0.717) is 26.2 Å². The molecule has 0 heterocycles. The van der Waals surface area contributed by atoms with Crippen molar-refractivity contribution < 1.29 is 14.6 Å². The Hall–Kier alpha value is -1.94. The lowest BCUT2D eigenvalue weighted by Crippen LogP contribution is -2.21. The van der Waals surface area contributed by atoms with Crippen LogP contribution in [0, 0.1) is 0 Å². The molecule has 0 aliphatic rings. The molecule has 24 heavy (non-hydrogen) atoms. The van der Waals surface area contributed by atoms with Gasteiger partial charge in [0.2, 0.25) is 0 Å². The molecular formula is C21H26O3. The summed E-state index contributed by atoms with van der Waals surface area (Å²) in [7, 11) is 0. The second-order valence-electron chi connectivity index (χ2n) is 5.78. The maximum atomic E-state index is 9.82. The van der Waals surface area contributed by atoms with Gasteiger partial charge in [-0.1, -0.05) is 66.7 Å². The minimum Gasteiger partial charge on any atom is -0.389 e. The summed E-state index contributed by atoms with van der Waals surface area (Å²) in [5, 5.41) is 9.82. The molecule has 2 aromatic rings. The molecule has 0 aliphatic heterocycles. The number of hydrogen-bond acceptors (Lipinski definition) is 3. The van der Waals surface area contributed by atoms with Crippen LogP contribution in [0.5, 0.6) is 0 Å². The molecule has 0 amide bonds. The Kier molecular flexibility index (Phi) is 8.25. The Morgan fingerprint density at radius 2 is 1.50 bits per heavy atom. The lowest BCUT2D eigenvalue weighted by molar-refractivity contribution is -0.0115. The van der Waals surface area contributed by atoms with E-state index in [-0.39, 0.29) is 6.10 Å². The van der Waals surface area contributed by atoms with Crippen molar-refractivity contribution in [2.24, 2.45) is 0 Å². The Bertz CT molecular complexity index is 568. The lowest BCUT2D eigenvalue weighted by Gasteiger charge is -2.20. The molecule has 0 radical (unpaired) electrons. The second-order valence-corrected chi connectivity index (χ2v) is 5.78. The number of benzene rings is 2. The maximum absolute atomic E-state index is 9.82. The van der Waals surface area contributed by atoms with Crippen LogP contribution in [0.25, 0.3) is 0 Å². The fraction of sp³-hybridized carbons (Fsp3) is 0.333. The lowest BCUT2D eigenvalue weighted by atomic mass is 10.1. The van der Waals surface area contributed by atoms with Crippen molar-refractivity contribution in [3.05, 3.63) is 84.4 Å². The number of aliphatic hydroxyl groups excluding tert-OH is 1. The van der Waals surface area contributed by atoms with Gasteiger partial charge in [0, 0.05) is 13.0 Å². The zero-order chi connectivity index (χ0) is 17.0. The van der Waals surface area contributed by atoms with Crippen LogP contribution < -0.4 is 0 Å². The molecule has 2 rings (SSSR count). The van der Waals surface area contributed by atoms with E-state index in [9.17, 15) is 5.11 Å². The van der Waals surface area contributed by atoms with Crippen LogP contribution in [0.1, 0.15) is 24.0 Å². The fourth-order valence-corrected chi connectivity index (χ4v) is 2.40. The molecule has 0 aliphatic carbocycles. The molecule has 128 valence electrons. The maximum Gasteiger partial charge on any atom is 0.0743 e. The smallest absolute Gasteiger partial charge is 0.0743 e.